The number of carbonyl (C=O) groups is 12. The second kappa shape index (κ2) is 381. The van der Waals surface area contributed by atoms with Crippen molar-refractivity contribution in [2.45, 2.75) is 217 Å². The Morgan fingerprint density at radius 1 is 0.391 bits per heavy atom. The molecule has 0 aromatic heterocycles. The van der Waals surface area contributed by atoms with Crippen LogP contribution >= 0.6 is 0 Å². The van der Waals surface area contributed by atoms with Gasteiger partial charge >= 0.3 is 0 Å². The fourth-order valence-electron chi connectivity index (χ4n) is 2.14. The summed E-state index contributed by atoms with van der Waals surface area (Å²) < 4.78 is 0. The summed E-state index contributed by atoms with van der Waals surface area (Å²) in [7, 11) is 7.50. The first-order valence-electron chi connectivity index (χ1n) is 26.8. The van der Waals surface area contributed by atoms with Crippen molar-refractivity contribution >= 4 is 80.6 Å². The number of carbonyl (C=O) groups excluding carboxylic acids is 12. The molecule has 1 aliphatic rings. The summed E-state index contributed by atoms with van der Waals surface area (Å²) in [6.45, 7) is 72.2. The molecule has 0 atom stereocenters. The lowest BCUT2D eigenvalue weighted by atomic mass is 10.1. The molecule has 87 heavy (non-hydrogen) atoms. The van der Waals surface area contributed by atoms with Crippen LogP contribution in [-0.4, -0.2) is 145 Å². The van der Waals surface area contributed by atoms with Gasteiger partial charge in [0.05, 0.1) is 0 Å². The number of nitrogens with zero attached hydrogens (tertiary/aromatic N) is 1. The van der Waals surface area contributed by atoms with Crippen molar-refractivity contribution in [2.24, 2.45) is 58.3 Å². The van der Waals surface area contributed by atoms with Crippen LogP contribution in [-0.2, 0) is 64.0 Å². The van der Waals surface area contributed by atoms with Gasteiger partial charge in [0, 0.05) is 26.1 Å². The van der Waals surface area contributed by atoms with Gasteiger partial charge in [0.2, 0.25) is 5.91 Å². The lowest BCUT2D eigenvalue weighted by Crippen LogP contribution is -2.33. The van der Waals surface area contributed by atoms with Crippen LogP contribution in [0.1, 0.15) is 210 Å². The van der Waals surface area contributed by atoms with Crippen molar-refractivity contribution in [3.8, 4) is 0 Å². The van der Waals surface area contributed by atoms with E-state index in [1.54, 1.807) is 20.8 Å². The van der Waals surface area contributed by atoms with Gasteiger partial charge in [-0.05, 0) is 110 Å². The minimum atomic E-state index is -0.167. The fraction of sp³-hybridized carbons (Fsp3) is 0.710. The van der Waals surface area contributed by atoms with E-state index in [4.69, 9.17) is 57.8 Å². The number of aryl methyl sites for hydroxylation is 1. The maximum absolute atomic E-state index is 10.7. The van der Waals surface area contributed by atoms with E-state index in [-0.39, 0.29) is 48.9 Å². The van der Waals surface area contributed by atoms with Crippen LogP contribution in [0.2, 0.25) is 0 Å². The van der Waals surface area contributed by atoms with Gasteiger partial charge in [0.25, 0.3) is 0 Å². The molecule has 1 aromatic rings. The van der Waals surface area contributed by atoms with E-state index in [2.05, 4.69) is 170 Å². The second-order valence-electron chi connectivity index (χ2n) is 14.8. The highest BCUT2D eigenvalue weighted by molar-refractivity contribution is 5.73. The summed E-state index contributed by atoms with van der Waals surface area (Å²) in [5.74, 6) is 4.55. The third-order valence-electron chi connectivity index (χ3n) is 5.63. The minimum Gasteiger partial charge on any atom is -0.394 e. The number of piperidine rings is 1. The highest BCUT2D eigenvalue weighted by atomic mass is 16.3. The molecule has 0 aliphatic carbocycles. The molecule has 25 heteroatoms. The number of hydrogen-bond donors (Lipinski definition) is 12. The first kappa shape index (κ1) is 199. The summed E-state index contributed by atoms with van der Waals surface area (Å²) in [5.41, 5.74) is 23.9. The molecule has 2 rings (SSSR count). The van der Waals surface area contributed by atoms with Crippen molar-refractivity contribution in [3.63, 3.8) is 0 Å². The van der Waals surface area contributed by atoms with E-state index in [1.165, 1.54) is 92.2 Å². The molecule has 552 valence electrons. The summed E-state index contributed by atoms with van der Waals surface area (Å²) in [4.78, 5) is 101. The van der Waals surface area contributed by atoms with E-state index in [1.807, 2.05) is 107 Å². The van der Waals surface area contributed by atoms with Gasteiger partial charge in [-0.3, -0.25) is 4.79 Å². The van der Waals surface area contributed by atoms with Crippen molar-refractivity contribution in [1.82, 2.24) is 41.8 Å². The first-order chi connectivity index (χ1) is 38.7. The van der Waals surface area contributed by atoms with Crippen LogP contribution in [0, 0.1) is 29.6 Å². The van der Waals surface area contributed by atoms with E-state index in [0.717, 1.165) is 42.7 Å². The summed E-state index contributed by atoms with van der Waals surface area (Å²) in [6.07, 6.45) is 9.88. The normalized spacial score (nSPS) is 6.92. The Balaban J connectivity index is -0.0000000142. The van der Waals surface area contributed by atoms with Gasteiger partial charge in [-0.2, -0.15) is 0 Å². The number of rotatable bonds is 5. The molecular weight excluding hydrogens is 1120 g/mol. The summed E-state index contributed by atoms with van der Waals surface area (Å²) in [6, 6.07) is 10.6. The number of amides is 1. The lowest BCUT2D eigenvalue weighted by Gasteiger charge is -2.24. The summed E-state index contributed by atoms with van der Waals surface area (Å²) in [5, 5.41) is 8.06. The predicted molar refractivity (Wildman–Crippen MR) is 392 cm³/mol. The van der Waals surface area contributed by atoms with Gasteiger partial charge in [-0.15, -0.1) is 0 Å². The number of benzene rings is 1. The third-order valence-corrected chi connectivity index (χ3v) is 5.63. The van der Waals surface area contributed by atoms with E-state index in [9.17, 15) is 4.79 Å². The molecule has 1 heterocycles. The zero-order valence-corrected chi connectivity index (χ0v) is 63.1. The highest BCUT2D eigenvalue weighted by Gasteiger charge is 2.11. The number of likely N-dealkylation sites (tertiary alicyclic amines) is 1. The molecule has 29 N–H and O–H groups in total. The highest BCUT2D eigenvalue weighted by Crippen LogP contribution is 2.07. The molecule has 0 saturated carbocycles. The molecule has 25 nitrogen and oxygen atoms in total. The number of hydrogen-bond acceptors (Lipinski definition) is 24. The van der Waals surface area contributed by atoms with Crippen LogP contribution in [0.4, 0.5) is 0 Å². The van der Waals surface area contributed by atoms with Gasteiger partial charge < -0.3 is 128 Å². The Labute approximate surface area is 542 Å². The molecular formula is C62H166N12O13. The number of aliphatic hydroxyl groups is 1. The summed E-state index contributed by atoms with van der Waals surface area (Å²) >= 11 is 0. The minimum absolute atomic E-state index is 0. The Bertz CT molecular complexity index is 779. The van der Waals surface area contributed by atoms with E-state index in [0.29, 0.717) is 0 Å². The Morgan fingerprint density at radius 2 is 0.529 bits per heavy atom. The predicted octanol–water partition coefficient (Wildman–Crippen LogP) is 12.4. The van der Waals surface area contributed by atoms with Crippen molar-refractivity contribution in [3.05, 3.63) is 35.9 Å². The molecule has 0 radical (unpaired) electrons. The van der Waals surface area contributed by atoms with Gasteiger partial charge in [0.15, 0.2) is 0 Å². The van der Waals surface area contributed by atoms with E-state index < -0.39 is 0 Å². The van der Waals surface area contributed by atoms with Crippen molar-refractivity contribution in [1.29, 1.82) is 0 Å². The molecule has 1 saturated heterocycles. The second-order valence-corrected chi connectivity index (χ2v) is 14.8. The monoisotopic (exact) mass is 1290 g/mol. The van der Waals surface area contributed by atoms with Gasteiger partial charge in [0.1, 0.15) is 74.7 Å². The number of aliphatic hydroxyl groups excluding tert-OH is 1. The first-order valence-corrected chi connectivity index (χ1v) is 26.8. The average molecular weight is 1290 g/mol. The van der Waals surface area contributed by atoms with Crippen molar-refractivity contribution in [2.75, 3.05) is 48.3 Å². The molecule has 0 spiro atoms. The van der Waals surface area contributed by atoms with E-state index >= 15 is 0 Å². The SMILES string of the molecule is C=O.C=O.C=O.C=O.C=O.C=O.C=O.C=O.C=O.C=O.C=O.CC.CC.CC(=O)N1CCCCC1.CC(C)C.CC(C)C.CC(C)O.CCC(C)C.CCC(C)C.CCC(C)C.CCCc1ccccc1.CN.CN.CN.CN.CN.N.N.N.N.N.N. The quantitative estimate of drug-likeness (QED) is 0.130. The Morgan fingerprint density at radius 3 is 0.621 bits per heavy atom. The molecule has 1 aliphatic heterocycles. The molecule has 0 unspecified atom stereocenters. The van der Waals surface area contributed by atoms with Crippen LogP contribution in [0.3, 0.4) is 0 Å². The lowest BCUT2D eigenvalue weighted by molar-refractivity contribution is -0.129. The standard InChI is InChI=1S/C9H12.C7H13NO.3C5H12.2C4H10.C3H8O.2C2H6.5CH5N.11CH2O.6H3N/c1-2-6-9-7-4-3-5-8-9;1-7(9)8-5-3-2-4-6-8;3*1-4-5(2)3;2*1-4(2)3;1-3(2)4;18*1-2;;;;;;/h3-5,7-8H,2,6H2,1H3;2-6H2,1H3;3*5H,4H2,1-3H3;2*4H,1-3H3;3-4H,1-2H3;2*1-2H3;5*2H2,1H3;11*1H2;6*1H3. The van der Waals surface area contributed by atoms with Crippen LogP contribution in [0.5, 0.6) is 0 Å². The molecule has 1 fully saturated rings. The Kier molecular flexibility index (Phi) is 873. The Hall–Kier alpha value is -5.42. The molecule has 0 bridgehead atoms. The van der Waals surface area contributed by atoms with Crippen molar-refractivity contribution < 1.29 is 62.6 Å². The van der Waals surface area contributed by atoms with Crippen LogP contribution in [0.25, 0.3) is 0 Å². The largest absolute Gasteiger partial charge is 0.394 e. The zero-order valence-electron chi connectivity index (χ0n) is 63.1. The smallest absolute Gasteiger partial charge is 0.219 e. The fourth-order valence-corrected chi connectivity index (χ4v) is 2.14. The molecule has 1 aromatic carbocycles. The third kappa shape index (κ3) is 895. The van der Waals surface area contributed by atoms with Gasteiger partial charge in [-0.1, -0.05) is 194 Å². The zero-order chi connectivity index (χ0) is 72.8. The molecule has 1 amide bonds. The van der Waals surface area contributed by atoms with Crippen LogP contribution in [0.15, 0.2) is 30.3 Å². The number of nitrogens with two attached hydrogens (primary N) is 5. The average Bonchev–Trinajstić information content (AvgIpc) is 3.54. The van der Waals surface area contributed by atoms with Gasteiger partial charge in [-0.25, -0.2) is 0 Å². The van der Waals surface area contributed by atoms with Crippen LogP contribution < -0.4 is 65.6 Å². The maximum atomic E-state index is 10.7. The maximum Gasteiger partial charge on any atom is 0.219 e. The topological polar surface area (TPSA) is 568 Å².